The molecule has 0 aliphatic heterocycles. The molecule has 2 N–H and O–H groups in total. The van der Waals surface area contributed by atoms with Gasteiger partial charge in [0.2, 0.25) is 5.91 Å². The first kappa shape index (κ1) is 31.4. The molecule has 0 bridgehead atoms. The highest BCUT2D eigenvalue weighted by molar-refractivity contribution is 6.31. The van der Waals surface area contributed by atoms with Crippen LogP contribution >= 0.6 is 11.6 Å². The Morgan fingerprint density at radius 3 is 2.39 bits per heavy atom. The topological polar surface area (TPSA) is 121 Å². The molecule has 2 unspecified atom stereocenters. The van der Waals surface area contributed by atoms with Crippen molar-refractivity contribution < 1.29 is 37.0 Å². The van der Waals surface area contributed by atoms with Gasteiger partial charge >= 0.3 is 6.18 Å². The van der Waals surface area contributed by atoms with Crippen molar-refractivity contribution in [1.29, 1.82) is 0 Å². The van der Waals surface area contributed by atoms with Crippen molar-refractivity contribution in [3.05, 3.63) is 69.9 Å². The Labute approximate surface area is 238 Å². The zero-order valence-electron chi connectivity index (χ0n) is 22.5. The third-order valence-electron chi connectivity index (χ3n) is 5.97. The Kier molecular flexibility index (Phi) is 10.4. The normalized spacial score (nSPS) is 12.8. The molecule has 0 fully saturated rings. The second-order valence-electron chi connectivity index (χ2n) is 8.84. The molecule has 41 heavy (non-hydrogen) atoms. The average molecular weight is 597 g/mol. The zero-order chi connectivity index (χ0) is 30.3. The van der Waals surface area contributed by atoms with Crippen molar-refractivity contribution >= 4 is 29.1 Å². The Morgan fingerprint density at radius 2 is 1.80 bits per heavy atom. The van der Waals surface area contributed by atoms with Crippen LogP contribution in [0, 0.1) is 0 Å². The minimum Gasteiger partial charge on any atom is -0.495 e. The Bertz CT molecular complexity index is 1450. The first-order valence-electron chi connectivity index (χ1n) is 12.2. The van der Waals surface area contributed by atoms with Crippen molar-refractivity contribution in [1.82, 2.24) is 14.9 Å². The van der Waals surface area contributed by atoms with Crippen LogP contribution in [-0.4, -0.2) is 61.5 Å². The second kappa shape index (κ2) is 13.5. The summed E-state index contributed by atoms with van der Waals surface area (Å²) in [6, 6.07) is 6.90. The number of pyridine rings is 2. The number of nitrogens with one attached hydrogen (secondary N) is 2. The summed E-state index contributed by atoms with van der Waals surface area (Å²) >= 11 is 6.10. The maximum atomic E-state index is 13.4. The van der Waals surface area contributed by atoms with Crippen LogP contribution in [0.3, 0.4) is 0 Å². The van der Waals surface area contributed by atoms with Crippen LogP contribution in [0.5, 0.6) is 11.5 Å². The van der Waals surface area contributed by atoms with Gasteiger partial charge in [0.05, 0.1) is 31.3 Å². The highest BCUT2D eigenvalue weighted by atomic mass is 35.5. The van der Waals surface area contributed by atoms with Crippen LogP contribution in [0.4, 0.5) is 18.9 Å². The zero-order valence-corrected chi connectivity index (χ0v) is 23.3. The quantitative estimate of drug-likeness (QED) is 0.335. The van der Waals surface area contributed by atoms with Crippen LogP contribution in [0.1, 0.15) is 29.9 Å². The fraction of sp³-hybridized carbons (Fsp3) is 0.333. The van der Waals surface area contributed by atoms with Crippen molar-refractivity contribution in [2.45, 2.75) is 31.7 Å². The Morgan fingerprint density at radius 1 is 1.10 bits per heavy atom. The molecule has 1 aromatic carbocycles. The van der Waals surface area contributed by atoms with E-state index in [2.05, 4.69) is 15.6 Å². The number of hydrogen-bond donors (Lipinski definition) is 2. The van der Waals surface area contributed by atoms with Gasteiger partial charge in [-0.1, -0.05) is 11.6 Å². The number of ether oxygens (including phenoxy) is 3. The summed E-state index contributed by atoms with van der Waals surface area (Å²) in [6.45, 7) is 0.157. The lowest BCUT2D eigenvalue weighted by atomic mass is 10.0. The molecule has 2 heterocycles. The highest BCUT2D eigenvalue weighted by Crippen LogP contribution is 2.38. The number of methoxy groups -OCH3 is 2. The summed E-state index contributed by atoms with van der Waals surface area (Å²) in [4.78, 5) is 42.6. The van der Waals surface area contributed by atoms with Gasteiger partial charge in [-0.3, -0.25) is 19.0 Å². The minimum atomic E-state index is -4.60. The third-order valence-corrected chi connectivity index (χ3v) is 6.21. The molecule has 2 atom stereocenters. The van der Waals surface area contributed by atoms with Gasteiger partial charge in [0, 0.05) is 42.8 Å². The van der Waals surface area contributed by atoms with E-state index in [4.69, 9.17) is 25.8 Å². The maximum Gasteiger partial charge on any atom is 0.422 e. The van der Waals surface area contributed by atoms with Crippen LogP contribution in [-0.2, 0) is 9.53 Å². The predicted octanol–water partition coefficient (Wildman–Crippen LogP) is 4.48. The minimum absolute atomic E-state index is 0.0724. The summed E-state index contributed by atoms with van der Waals surface area (Å²) in [5, 5.41) is 5.31. The first-order valence-corrected chi connectivity index (χ1v) is 12.6. The van der Waals surface area contributed by atoms with Gasteiger partial charge in [-0.05, 0) is 37.3 Å². The van der Waals surface area contributed by atoms with Crippen molar-refractivity contribution in [2.75, 3.05) is 33.2 Å². The van der Waals surface area contributed by atoms with Gasteiger partial charge in [-0.25, -0.2) is 4.98 Å². The molecule has 0 saturated heterocycles. The molecule has 220 valence electrons. The van der Waals surface area contributed by atoms with Crippen molar-refractivity contribution in [3.8, 4) is 22.6 Å². The fourth-order valence-corrected chi connectivity index (χ4v) is 4.03. The summed E-state index contributed by atoms with van der Waals surface area (Å²) in [5.41, 5.74) is -0.0252. The fourth-order valence-electron chi connectivity index (χ4n) is 3.86. The largest absolute Gasteiger partial charge is 0.495 e. The SMILES string of the molecule is CNC(=O)c1ccc(NC(=O)C(CC(C)OC)n2cc(OC)c(-c3cc(Cl)ccc3OCC(F)(F)F)cc2=O)cn1. The number of rotatable bonds is 11. The van der Waals surface area contributed by atoms with Crippen LogP contribution < -0.4 is 25.7 Å². The second-order valence-corrected chi connectivity index (χ2v) is 9.28. The summed E-state index contributed by atoms with van der Waals surface area (Å²) in [5.74, 6) is -1.09. The molecule has 3 aromatic rings. The van der Waals surface area contributed by atoms with E-state index in [1.807, 2.05) is 0 Å². The van der Waals surface area contributed by atoms with Gasteiger partial charge in [0.25, 0.3) is 11.5 Å². The molecule has 0 saturated carbocycles. The molecule has 0 aliphatic rings. The smallest absolute Gasteiger partial charge is 0.422 e. The van der Waals surface area contributed by atoms with Crippen molar-refractivity contribution in [2.24, 2.45) is 0 Å². The van der Waals surface area contributed by atoms with E-state index in [9.17, 15) is 27.6 Å². The summed E-state index contributed by atoms with van der Waals surface area (Å²) in [7, 11) is 4.22. The molecule has 14 heteroatoms. The summed E-state index contributed by atoms with van der Waals surface area (Å²) in [6.07, 6.45) is -2.39. The number of carbonyl (C=O) groups excluding carboxylic acids is 2. The van der Waals surface area contributed by atoms with E-state index in [0.29, 0.717) is 0 Å². The molecular weight excluding hydrogens is 569 g/mol. The van der Waals surface area contributed by atoms with E-state index >= 15 is 0 Å². The standard InChI is InChI=1S/C27H28ClF3N4O6/c1-15(39-3)9-21(26(38)34-17-6-7-20(33-12-17)25(37)32-2)35-13-23(40-4)19(11-24(35)36)18-10-16(28)5-8-22(18)41-14-27(29,30)31/h5-8,10-13,15,21H,9,14H2,1-4H3,(H,32,37)(H,34,38). The number of nitrogens with zero attached hydrogens (tertiary/aromatic N) is 2. The predicted molar refractivity (Wildman–Crippen MR) is 146 cm³/mol. The number of amides is 2. The van der Waals surface area contributed by atoms with Gasteiger partial charge in [-0.2, -0.15) is 13.2 Å². The molecule has 0 spiro atoms. The van der Waals surface area contributed by atoms with E-state index in [1.54, 1.807) is 6.92 Å². The van der Waals surface area contributed by atoms with Crippen molar-refractivity contribution in [3.63, 3.8) is 0 Å². The van der Waals surface area contributed by atoms with Gasteiger partial charge in [-0.15, -0.1) is 0 Å². The molecule has 0 radical (unpaired) electrons. The lowest BCUT2D eigenvalue weighted by Gasteiger charge is -2.24. The lowest BCUT2D eigenvalue weighted by Crippen LogP contribution is -2.35. The monoisotopic (exact) mass is 596 g/mol. The number of benzene rings is 1. The third kappa shape index (κ3) is 8.21. The average Bonchev–Trinajstić information content (AvgIpc) is 2.94. The van der Waals surface area contributed by atoms with E-state index < -0.39 is 42.3 Å². The van der Waals surface area contributed by atoms with E-state index in [0.717, 1.165) is 10.6 Å². The molecule has 2 amide bonds. The van der Waals surface area contributed by atoms with Crippen LogP contribution in [0.25, 0.3) is 11.1 Å². The molecule has 0 aliphatic carbocycles. The van der Waals surface area contributed by atoms with Crippen LogP contribution in [0.15, 0.2) is 53.6 Å². The molecule has 3 rings (SSSR count). The number of alkyl halides is 3. The van der Waals surface area contributed by atoms with Gasteiger partial charge in [0.1, 0.15) is 23.2 Å². The number of anilines is 1. The molecular formula is C27H28ClF3N4O6. The molecule has 10 nitrogen and oxygen atoms in total. The highest BCUT2D eigenvalue weighted by Gasteiger charge is 2.30. The Balaban J connectivity index is 2.03. The summed E-state index contributed by atoms with van der Waals surface area (Å²) < 4.78 is 55.4. The number of halogens is 4. The number of aromatic nitrogens is 2. The lowest BCUT2D eigenvalue weighted by molar-refractivity contribution is -0.153. The van der Waals surface area contributed by atoms with Gasteiger partial charge < -0.3 is 24.8 Å². The van der Waals surface area contributed by atoms with E-state index in [1.165, 1.54) is 64.0 Å². The Hall–Kier alpha value is -4.10. The number of carbonyl (C=O) groups is 2. The van der Waals surface area contributed by atoms with Gasteiger partial charge in [0.15, 0.2) is 6.61 Å². The van der Waals surface area contributed by atoms with E-state index in [-0.39, 0.29) is 45.5 Å². The van der Waals surface area contributed by atoms with Crippen LogP contribution in [0.2, 0.25) is 5.02 Å². The first-order chi connectivity index (χ1) is 19.4. The molecule has 2 aromatic heterocycles. The number of hydrogen-bond acceptors (Lipinski definition) is 7. The maximum absolute atomic E-state index is 13.4.